The zero-order valence-electron chi connectivity index (χ0n) is 14.9. The normalized spacial score (nSPS) is 16.8. The Hall–Kier alpha value is -2.77. The molecular formula is C21H17N3O2S2. The second-order valence-corrected chi connectivity index (χ2v) is 8.47. The van der Waals surface area contributed by atoms with Crippen molar-refractivity contribution >= 4 is 29.0 Å². The number of hydrogen-bond acceptors (Lipinski definition) is 5. The third-order valence-corrected chi connectivity index (χ3v) is 6.77. The number of amides is 1. The molecule has 1 atom stereocenters. The van der Waals surface area contributed by atoms with Crippen LogP contribution < -0.4 is 0 Å². The number of carbonyl (C=O) groups excluding carboxylic acids is 1. The summed E-state index contributed by atoms with van der Waals surface area (Å²) in [5.41, 5.74) is 2.97. The van der Waals surface area contributed by atoms with E-state index in [4.69, 9.17) is 9.52 Å². The minimum absolute atomic E-state index is 0.0906. The lowest BCUT2D eigenvalue weighted by atomic mass is 10.2. The molecule has 1 aliphatic rings. The van der Waals surface area contributed by atoms with Gasteiger partial charge in [0.1, 0.15) is 16.8 Å². The molecule has 1 aliphatic heterocycles. The largest absolute Gasteiger partial charge is 0.467 e. The second-order valence-electron chi connectivity index (χ2n) is 6.45. The second kappa shape index (κ2) is 7.33. The molecule has 0 saturated carbocycles. The fraction of sp³-hybridized carbons (Fsp3) is 0.143. The third kappa shape index (κ3) is 3.16. The number of rotatable bonds is 5. The van der Waals surface area contributed by atoms with Gasteiger partial charge in [0, 0.05) is 11.8 Å². The molecule has 0 spiro atoms. The summed E-state index contributed by atoms with van der Waals surface area (Å²) in [6, 6.07) is 17.9. The summed E-state index contributed by atoms with van der Waals surface area (Å²) in [6.07, 6.45) is 3.69. The number of carbonyl (C=O) groups is 1. The van der Waals surface area contributed by atoms with Crippen molar-refractivity contribution in [3.63, 3.8) is 0 Å². The highest BCUT2D eigenvalue weighted by Crippen LogP contribution is 2.44. The summed E-state index contributed by atoms with van der Waals surface area (Å²) < 4.78 is 7.38. The molecule has 1 saturated heterocycles. The van der Waals surface area contributed by atoms with Gasteiger partial charge in [0.25, 0.3) is 0 Å². The van der Waals surface area contributed by atoms with Crippen LogP contribution in [-0.4, -0.2) is 26.3 Å². The van der Waals surface area contributed by atoms with E-state index in [1.165, 1.54) is 0 Å². The zero-order valence-corrected chi connectivity index (χ0v) is 16.5. The molecule has 5 rings (SSSR count). The van der Waals surface area contributed by atoms with Crippen LogP contribution in [0.3, 0.4) is 0 Å². The van der Waals surface area contributed by atoms with Crippen LogP contribution in [-0.2, 0) is 11.3 Å². The van der Waals surface area contributed by atoms with Crippen molar-refractivity contribution in [2.75, 3.05) is 5.75 Å². The average molecular weight is 408 g/mol. The maximum absolute atomic E-state index is 12.6. The topological polar surface area (TPSA) is 51.3 Å². The lowest BCUT2D eigenvalue weighted by Gasteiger charge is -2.22. The predicted octanol–water partition coefficient (Wildman–Crippen LogP) is 4.97. The highest BCUT2D eigenvalue weighted by Gasteiger charge is 2.36. The Bertz CT molecular complexity index is 1070. The van der Waals surface area contributed by atoms with Crippen molar-refractivity contribution in [2.45, 2.75) is 11.9 Å². The van der Waals surface area contributed by atoms with Gasteiger partial charge in [-0.15, -0.1) is 23.1 Å². The first-order chi connectivity index (χ1) is 13.8. The first kappa shape index (κ1) is 17.3. The van der Waals surface area contributed by atoms with Crippen LogP contribution in [0.5, 0.6) is 0 Å². The van der Waals surface area contributed by atoms with Gasteiger partial charge >= 0.3 is 0 Å². The molecule has 0 unspecified atom stereocenters. The number of thiophene rings is 1. The predicted molar refractivity (Wildman–Crippen MR) is 111 cm³/mol. The van der Waals surface area contributed by atoms with Gasteiger partial charge in [0.05, 0.1) is 29.1 Å². The average Bonchev–Trinajstić information content (AvgIpc) is 3.51. The van der Waals surface area contributed by atoms with Gasteiger partial charge in [0.2, 0.25) is 5.91 Å². The molecule has 140 valence electrons. The van der Waals surface area contributed by atoms with E-state index in [-0.39, 0.29) is 11.3 Å². The van der Waals surface area contributed by atoms with Crippen LogP contribution in [0.4, 0.5) is 0 Å². The van der Waals surface area contributed by atoms with Gasteiger partial charge in [-0.3, -0.25) is 4.79 Å². The molecule has 5 nitrogen and oxygen atoms in total. The zero-order chi connectivity index (χ0) is 18.9. The van der Waals surface area contributed by atoms with E-state index in [0.717, 1.165) is 27.6 Å². The summed E-state index contributed by atoms with van der Waals surface area (Å²) in [6.45, 7) is 0.462. The molecule has 1 fully saturated rings. The van der Waals surface area contributed by atoms with Crippen molar-refractivity contribution < 1.29 is 9.21 Å². The molecule has 0 radical (unpaired) electrons. The monoisotopic (exact) mass is 407 g/mol. The van der Waals surface area contributed by atoms with E-state index in [1.807, 2.05) is 63.5 Å². The molecule has 1 amide bonds. The first-order valence-corrected chi connectivity index (χ1v) is 10.8. The molecule has 28 heavy (non-hydrogen) atoms. The standard InChI is InChI=1S/C21H17N3O2S2/c25-19-14-28-21(23(19)12-16-8-4-10-26-16)17-13-24(15-6-2-1-3-7-15)22-20(17)18-9-5-11-27-18/h1-11,13,21H,12,14H2/t21-/m1/s1. The third-order valence-electron chi connectivity index (χ3n) is 4.66. The minimum Gasteiger partial charge on any atom is -0.467 e. The number of thioether (sulfide) groups is 1. The van der Waals surface area contributed by atoms with Gasteiger partial charge in [0.15, 0.2) is 0 Å². The van der Waals surface area contributed by atoms with Crippen LogP contribution in [0.25, 0.3) is 16.3 Å². The highest BCUT2D eigenvalue weighted by atomic mass is 32.2. The molecule has 0 N–H and O–H groups in total. The van der Waals surface area contributed by atoms with Gasteiger partial charge in [-0.2, -0.15) is 5.10 Å². The molecule has 0 aliphatic carbocycles. The minimum atomic E-state index is -0.0906. The molecule has 3 aromatic heterocycles. The summed E-state index contributed by atoms with van der Waals surface area (Å²) >= 11 is 3.30. The Labute approximate surface area is 170 Å². The van der Waals surface area contributed by atoms with Gasteiger partial charge in [-0.05, 0) is 35.7 Å². The molecule has 7 heteroatoms. The van der Waals surface area contributed by atoms with E-state index in [2.05, 4.69) is 12.3 Å². The summed E-state index contributed by atoms with van der Waals surface area (Å²) in [5, 5.41) is 6.84. The van der Waals surface area contributed by atoms with Crippen molar-refractivity contribution in [3.05, 3.63) is 83.8 Å². The number of benzene rings is 1. The van der Waals surface area contributed by atoms with E-state index in [0.29, 0.717) is 12.3 Å². The lowest BCUT2D eigenvalue weighted by Crippen LogP contribution is -2.27. The van der Waals surface area contributed by atoms with E-state index in [9.17, 15) is 4.79 Å². The van der Waals surface area contributed by atoms with E-state index < -0.39 is 0 Å². The number of hydrogen-bond donors (Lipinski definition) is 0. The lowest BCUT2D eigenvalue weighted by molar-refractivity contribution is -0.128. The highest BCUT2D eigenvalue weighted by molar-refractivity contribution is 8.00. The van der Waals surface area contributed by atoms with Gasteiger partial charge in [-0.1, -0.05) is 24.3 Å². The van der Waals surface area contributed by atoms with Gasteiger partial charge in [-0.25, -0.2) is 4.68 Å². The smallest absolute Gasteiger partial charge is 0.234 e. The fourth-order valence-electron chi connectivity index (χ4n) is 3.34. The molecular weight excluding hydrogens is 390 g/mol. The van der Waals surface area contributed by atoms with E-state index in [1.54, 1.807) is 29.4 Å². The van der Waals surface area contributed by atoms with Crippen molar-refractivity contribution in [1.82, 2.24) is 14.7 Å². The number of para-hydroxylation sites is 1. The number of furan rings is 1. The number of nitrogens with zero attached hydrogens (tertiary/aromatic N) is 3. The Balaban J connectivity index is 1.58. The maximum atomic E-state index is 12.6. The Kier molecular flexibility index (Phi) is 4.54. The maximum Gasteiger partial charge on any atom is 0.234 e. The van der Waals surface area contributed by atoms with Gasteiger partial charge < -0.3 is 9.32 Å². The SMILES string of the molecule is O=C1CS[C@H](c2cn(-c3ccccc3)nc2-c2cccs2)N1Cc1ccco1. The Morgan fingerprint density at radius 2 is 2.00 bits per heavy atom. The van der Waals surface area contributed by atoms with Crippen LogP contribution in [0.2, 0.25) is 0 Å². The molecule has 0 bridgehead atoms. The quantitative estimate of drug-likeness (QED) is 0.469. The van der Waals surface area contributed by atoms with Crippen LogP contribution in [0.15, 0.2) is 76.9 Å². The first-order valence-electron chi connectivity index (χ1n) is 8.92. The van der Waals surface area contributed by atoms with Crippen molar-refractivity contribution in [2.24, 2.45) is 0 Å². The summed E-state index contributed by atoms with van der Waals surface area (Å²) in [4.78, 5) is 15.6. The van der Waals surface area contributed by atoms with Crippen LogP contribution in [0, 0.1) is 0 Å². The Morgan fingerprint density at radius 1 is 1.11 bits per heavy atom. The molecule has 1 aromatic carbocycles. The Morgan fingerprint density at radius 3 is 2.75 bits per heavy atom. The molecule has 4 heterocycles. The number of aromatic nitrogens is 2. The molecule has 4 aromatic rings. The van der Waals surface area contributed by atoms with Crippen LogP contribution >= 0.6 is 23.1 Å². The van der Waals surface area contributed by atoms with E-state index >= 15 is 0 Å². The summed E-state index contributed by atoms with van der Waals surface area (Å²) in [5.74, 6) is 1.37. The fourth-order valence-corrected chi connectivity index (χ4v) is 5.26. The van der Waals surface area contributed by atoms with Crippen molar-refractivity contribution in [3.8, 4) is 16.3 Å². The van der Waals surface area contributed by atoms with Crippen molar-refractivity contribution in [1.29, 1.82) is 0 Å². The summed E-state index contributed by atoms with van der Waals surface area (Å²) in [7, 11) is 0. The van der Waals surface area contributed by atoms with Crippen LogP contribution in [0.1, 0.15) is 16.7 Å².